The number of β-amino-alcohol motifs (C(OH)–C–C–N with tert-alkyl or cyclic N) is 1. The van der Waals surface area contributed by atoms with E-state index >= 15 is 0 Å². The molecule has 19 heavy (non-hydrogen) atoms. The molecule has 0 fully saturated rings. The van der Waals surface area contributed by atoms with E-state index in [0.717, 1.165) is 11.3 Å². The Morgan fingerprint density at radius 2 is 1.63 bits per heavy atom. The van der Waals surface area contributed by atoms with Gasteiger partial charge in [0, 0.05) is 12.1 Å². The fourth-order valence-corrected chi connectivity index (χ4v) is 1.70. The van der Waals surface area contributed by atoms with Gasteiger partial charge in [0.05, 0.1) is 11.7 Å². The van der Waals surface area contributed by atoms with E-state index in [4.69, 9.17) is 4.74 Å². The first-order valence-corrected chi connectivity index (χ1v) is 6.85. The minimum Gasteiger partial charge on any atom is -0.491 e. The lowest BCUT2D eigenvalue weighted by atomic mass is 9.94. The van der Waals surface area contributed by atoms with E-state index in [0.29, 0.717) is 6.54 Å². The topological polar surface area (TPSA) is 41.5 Å². The molecular formula is C16H27NO2. The fraction of sp³-hybridized carbons (Fsp3) is 0.625. The number of aliphatic hydroxyl groups is 1. The summed E-state index contributed by atoms with van der Waals surface area (Å²) in [4.78, 5) is 0. The highest BCUT2D eigenvalue weighted by Gasteiger charge is 2.25. The molecule has 108 valence electrons. The quantitative estimate of drug-likeness (QED) is 0.859. The van der Waals surface area contributed by atoms with Gasteiger partial charge in [-0.3, -0.25) is 0 Å². The molecule has 1 unspecified atom stereocenters. The molecule has 0 radical (unpaired) electrons. The minimum absolute atomic E-state index is 0.00924. The summed E-state index contributed by atoms with van der Waals surface area (Å²) in [5, 5.41) is 13.8. The van der Waals surface area contributed by atoms with Crippen LogP contribution in [0.15, 0.2) is 24.3 Å². The second kappa shape index (κ2) is 5.93. The normalized spacial score (nSPS) is 15.4. The van der Waals surface area contributed by atoms with E-state index in [-0.39, 0.29) is 11.6 Å². The fourth-order valence-electron chi connectivity index (χ4n) is 1.70. The van der Waals surface area contributed by atoms with Gasteiger partial charge in [-0.15, -0.1) is 0 Å². The maximum atomic E-state index is 10.5. The smallest absolute Gasteiger partial charge is 0.119 e. The van der Waals surface area contributed by atoms with Crippen molar-refractivity contribution in [1.29, 1.82) is 0 Å². The monoisotopic (exact) mass is 265 g/mol. The second-order valence-corrected chi connectivity index (χ2v) is 6.57. The van der Waals surface area contributed by atoms with E-state index in [1.807, 2.05) is 45.0 Å². The van der Waals surface area contributed by atoms with Crippen LogP contribution in [0.1, 0.15) is 47.1 Å². The highest BCUT2D eigenvalue weighted by Crippen LogP contribution is 2.23. The Balaban J connectivity index is 2.73. The van der Waals surface area contributed by atoms with Gasteiger partial charge in [-0.2, -0.15) is 0 Å². The van der Waals surface area contributed by atoms with Crippen LogP contribution in [0.4, 0.5) is 0 Å². The molecule has 0 aliphatic rings. The van der Waals surface area contributed by atoms with Crippen LogP contribution in [0.5, 0.6) is 5.75 Å². The Hall–Kier alpha value is -1.06. The molecule has 0 aliphatic carbocycles. The van der Waals surface area contributed by atoms with Gasteiger partial charge >= 0.3 is 0 Å². The lowest BCUT2D eigenvalue weighted by molar-refractivity contribution is 0.0501. The van der Waals surface area contributed by atoms with E-state index in [1.54, 1.807) is 0 Å². The summed E-state index contributed by atoms with van der Waals surface area (Å²) in [6.45, 7) is 12.6. The van der Waals surface area contributed by atoms with Crippen LogP contribution in [0.2, 0.25) is 0 Å². The van der Waals surface area contributed by atoms with E-state index in [9.17, 15) is 5.11 Å². The van der Waals surface area contributed by atoms with Gasteiger partial charge in [0.2, 0.25) is 0 Å². The number of hydrogen-bond donors (Lipinski definition) is 2. The molecule has 3 nitrogen and oxygen atoms in total. The van der Waals surface area contributed by atoms with Crippen LogP contribution in [0, 0.1) is 0 Å². The number of ether oxygens (including phenoxy) is 1. The molecule has 1 rings (SSSR count). The average molecular weight is 265 g/mol. The van der Waals surface area contributed by atoms with Crippen LogP contribution in [-0.2, 0) is 5.60 Å². The molecule has 0 saturated carbocycles. The maximum Gasteiger partial charge on any atom is 0.119 e. The van der Waals surface area contributed by atoms with Crippen molar-refractivity contribution in [1.82, 2.24) is 5.32 Å². The molecule has 0 aromatic heterocycles. The van der Waals surface area contributed by atoms with Gasteiger partial charge < -0.3 is 15.2 Å². The molecule has 0 spiro atoms. The van der Waals surface area contributed by atoms with Crippen molar-refractivity contribution < 1.29 is 9.84 Å². The molecule has 1 aromatic carbocycles. The van der Waals surface area contributed by atoms with Crippen LogP contribution in [0.25, 0.3) is 0 Å². The van der Waals surface area contributed by atoms with Crippen molar-refractivity contribution in [2.75, 3.05) is 6.54 Å². The number of hydrogen-bond acceptors (Lipinski definition) is 3. The second-order valence-electron chi connectivity index (χ2n) is 6.57. The first kappa shape index (κ1) is 16.0. The van der Waals surface area contributed by atoms with Crippen LogP contribution >= 0.6 is 0 Å². The first-order valence-electron chi connectivity index (χ1n) is 6.85. The molecule has 1 aromatic rings. The van der Waals surface area contributed by atoms with Crippen LogP contribution in [0.3, 0.4) is 0 Å². The van der Waals surface area contributed by atoms with E-state index < -0.39 is 5.60 Å². The van der Waals surface area contributed by atoms with Gasteiger partial charge in [0.1, 0.15) is 5.75 Å². The summed E-state index contributed by atoms with van der Waals surface area (Å²) in [5.41, 5.74) is -0.00530. The van der Waals surface area contributed by atoms with E-state index in [1.165, 1.54) is 0 Å². The Morgan fingerprint density at radius 3 is 2.05 bits per heavy atom. The summed E-state index contributed by atoms with van der Waals surface area (Å²) < 4.78 is 5.60. The SMILES string of the molecule is CC(C)Oc1ccc(C(C)(O)CNC(C)(C)C)cc1. The summed E-state index contributed by atoms with van der Waals surface area (Å²) >= 11 is 0. The maximum absolute atomic E-state index is 10.5. The van der Waals surface area contributed by atoms with Crippen LogP contribution in [-0.4, -0.2) is 23.3 Å². The highest BCUT2D eigenvalue weighted by atomic mass is 16.5. The van der Waals surface area contributed by atoms with E-state index in [2.05, 4.69) is 26.1 Å². The van der Waals surface area contributed by atoms with Crippen molar-refractivity contribution in [2.24, 2.45) is 0 Å². The van der Waals surface area contributed by atoms with Gasteiger partial charge in [-0.1, -0.05) is 12.1 Å². The van der Waals surface area contributed by atoms with Crippen molar-refractivity contribution in [3.8, 4) is 5.75 Å². The van der Waals surface area contributed by atoms with Crippen molar-refractivity contribution in [3.63, 3.8) is 0 Å². The average Bonchev–Trinajstić information content (AvgIpc) is 2.26. The third-order valence-corrected chi connectivity index (χ3v) is 2.81. The minimum atomic E-state index is -0.885. The molecule has 3 heteroatoms. The summed E-state index contributed by atoms with van der Waals surface area (Å²) in [7, 11) is 0. The van der Waals surface area contributed by atoms with Crippen molar-refractivity contribution >= 4 is 0 Å². The molecule has 0 aliphatic heterocycles. The van der Waals surface area contributed by atoms with Gasteiger partial charge in [0.25, 0.3) is 0 Å². The largest absolute Gasteiger partial charge is 0.491 e. The number of nitrogens with one attached hydrogen (secondary N) is 1. The summed E-state index contributed by atoms with van der Waals surface area (Å²) in [5.74, 6) is 0.832. The predicted octanol–water partition coefficient (Wildman–Crippen LogP) is 3.07. The third kappa shape index (κ3) is 5.62. The zero-order valence-electron chi connectivity index (χ0n) is 12.9. The van der Waals surface area contributed by atoms with Gasteiger partial charge in [0.15, 0.2) is 0 Å². The molecule has 0 heterocycles. The van der Waals surface area contributed by atoms with Crippen LogP contribution < -0.4 is 10.1 Å². The molecule has 2 N–H and O–H groups in total. The zero-order chi connectivity index (χ0) is 14.7. The lowest BCUT2D eigenvalue weighted by Gasteiger charge is -2.30. The Kier molecular flexibility index (Phi) is 4.99. The highest BCUT2D eigenvalue weighted by molar-refractivity contribution is 5.31. The molecule has 0 amide bonds. The van der Waals surface area contributed by atoms with Crippen molar-refractivity contribution in [3.05, 3.63) is 29.8 Å². The standard InChI is InChI=1S/C16H27NO2/c1-12(2)19-14-9-7-13(8-10-14)16(6,18)11-17-15(3,4)5/h7-10,12,17-18H,11H2,1-6H3. The van der Waals surface area contributed by atoms with Gasteiger partial charge in [-0.25, -0.2) is 0 Å². The summed E-state index contributed by atoms with van der Waals surface area (Å²) in [6.07, 6.45) is 0.161. The Bertz CT molecular complexity index is 388. The summed E-state index contributed by atoms with van der Waals surface area (Å²) in [6, 6.07) is 7.64. The third-order valence-electron chi connectivity index (χ3n) is 2.81. The molecular weight excluding hydrogens is 238 g/mol. The number of rotatable bonds is 5. The Labute approximate surface area is 117 Å². The molecule has 0 saturated heterocycles. The zero-order valence-corrected chi connectivity index (χ0v) is 12.9. The molecule has 1 atom stereocenters. The van der Waals surface area contributed by atoms with Gasteiger partial charge in [-0.05, 0) is 59.2 Å². The Morgan fingerprint density at radius 1 is 1.11 bits per heavy atom. The van der Waals surface area contributed by atoms with Crippen molar-refractivity contribution in [2.45, 2.75) is 58.8 Å². The predicted molar refractivity (Wildman–Crippen MR) is 79.5 cm³/mol. The first-order chi connectivity index (χ1) is 8.60. The number of benzene rings is 1. The molecule has 0 bridgehead atoms. The lowest BCUT2D eigenvalue weighted by Crippen LogP contribution is -2.44.